The molecule has 4 heterocycles. The summed E-state index contributed by atoms with van der Waals surface area (Å²) in [6.45, 7) is 4.47. The van der Waals surface area contributed by atoms with E-state index in [9.17, 15) is 4.79 Å². The summed E-state index contributed by atoms with van der Waals surface area (Å²) < 4.78 is 7.27. The van der Waals surface area contributed by atoms with Gasteiger partial charge < -0.3 is 15.0 Å². The van der Waals surface area contributed by atoms with E-state index in [2.05, 4.69) is 25.2 Å². The molecule has 1 saturated heterocycles. The lowest BCUT2D eigenvalue weighted by atomic mass is 10.2. The maximum absolute atomic E-state index is 11.4. The number of amides is 1. The molecule has 9 nitrogen and oxygen atoms in total. The van der Waals surface area contributed by atoms with Crippen LogP contribution in [0.1, 0.15) is 31.4 Å². The van der Waals surface area contributed by atoms with Crippen molar-refractivity contribution in [2.75, 3.05) is 36.5 Å². The molecule has 28 heavy (non-hydrogen) atoms. The highest BCUT2D eigenvalue weighted by Gasteiger charge is 2.30. The van der Waals surface area contributed by atoms with E-state index in [0.29, 0.717) is 30.8 Å². The van der Waals surface area contributed by atoms with Crippen LogP contribution in [0.15, 0.2) is 24.7 Å². The van der Waals surface area contributed by atoms with Gasteiger partial charge in [-0.1, -0.05) is 0 Å². The lowest BCUT2D eigenvalue weighted by molar-refractivity contribution is -0.114. The Kier molecular flexibility index (Phi) is 4.16. The molecule has 1 N–H and O–H groups in total. The highest BCUT2D eigenvalue weighted by molar-refractivity contribution is 5.91. The standard InChI is InChI=1S/C19H21N7O2/c1-12(27)23-16-8-15-14(10-20-16)19(13-2-3-13)24-26(15)18-9-17(21-11-22-18)25-4-6-28-7-5-25/h8-11,13H,2-7H2,1H3,(H,20,23,27). The number of aromatic nitrogens is 5. The Labute approximate surface area is 161 Å². The molecule has 0 aromatic carbocycles. The largest absolute Gasteiger partial charge is 0.378 e. The number of hydrogen-bond acceptors (Lipinski definition) is 7. The molecule has 3 aromatic rings. The number of carbonyl (C=O) groups excluding carboxylic acids is 1. The monoisotopic (exact) mass is 379 g/mol. The molecule has 1 aliphatic heterocycles. The number of carbonyl (C=O) groups is 1. The van der Waals surface area contributed by atoms with Crippen molar-refractivity contribution in [2.24, 2.45) is 0 Å². The predicted molar refractivity (Wildman–Crippen MR) is 104 cm³/mol. The van der Waals surface area contributed by atoms with Crippen LogP contribution in [-0.2, 0) is 9.53 Å². The van der Waals surface area contributed by atoms with Crippen LogP contribution < -0.4 is 10.2 Å². The molecule has 1 aliphatic carbocycles. The van der Waals surface area contributed by atoms with Crippen molar-refractivity contribution in [3.8, 4) is 5.82 Å². The summed E-state index contributed by atoms with van der Waals surface area (Å²) in [6, 6.07) is 3.80. The molecule has 0 radical (unpaired) electrons. The average molecular weight is 379 g/mol. The van der Waals surface area contributed by atoms with Gasteiger partial charge in [0.15, 0.2) is 5.82 Å². The Morgan fingerprint density at radius 1 is 1.14 bits per heavy atom. The van der Waals surface area contributed by atoms with Crippen molar-refractivity contribution in [1.29, 1.82) is 0 Å². The fourth-order valence-corrected chi connectivity index (χ4v) is 3.53. The molecule has 144 valence electrons. The van der Waals surface area contributed by atoms with E-state index in [-0.39, 0.29) is 5.91 Å². The summed E-state index contributed by atoms with van der Waals surface area (Å²) in [4.78, 5) is 26.9. The number of pyridine rings is 1. The zero-order valence-electron chi connectivity index (χ0n) is 15.6. The Hall–Kier alpha value is -3.07. The Bertz CT molecular complexity index is 1040. The third-order valence-corrected chi connectivity index (χ3v) is 5.05. The van der Waals surface area contributed by atoms with Gasteiger partial charge in [0.25, 0.3) is 0 Å². The van der Waals surface area contributed by atoms with Gasteiger partial charge >= 0.3 is 0 Å². The summed E-state index contributed by atoms with van der Waals surface area (Å²) in [5.74, 6) is 2.38. The van der Waals surface area contributed by atoms with Gasteiger partial charge in [-0.3, -0.25) is 4.79 Å². The molecular weight excluding hydrogens is 358 g/mol. The summed E-state index contributed by atoms with van der Waals surface area (Å²) in [5, 5.41) is 8.61. The highest BCUT2D eigenvalue weighted by Crippen LogP contribution is 2.43. The summed E-state index contributed by atoms with van der Waals surface area (Å²) in [6.07, 6.45) is 5.65. The first kappa shape index (κ1) is 17.1. The van der Waals surface area contributed by atoms with Crippen LogP contribution in [0.3, 0.4) is 0 Å². The van der Waals surface area contributed by atoms with Gasteiger partial charge in [-0.25, -0.2) is 19.6 Å². The third kappa shape index (κ3) is 3.18. The van der Waals surface area contributed by atoms with Crippen LogP contribution in [0, 0.1) is 0 Å². The second-order valence-corrected chi connectivity index (χ2v) is 7.17. The Balaban J connectivity index is 1.60. The summed E-state index contributed by atoms with van der Waals surface area (Å²) in [5.41, 5.74) is 1.93. The minimum atomic E-state index is -0.156. The van der Waals surface area contributed by atoms with Gasteiger partial charge in [-0.15, -0.1) is 0 Å². The van der Waals surface area contributed by atoms with Crippen LogP contribution in [0.5, 0.6) is 0 Å². The van der Waals surface area contributed by atoms with Gasteiger partial charge in [-0.2, -0.15) is 5.10 Å². The maximum Gasteiger partial charge on any atom is 0.222 e. The number of rotatable bonds is 4. The molecular formula is C19H21N7O2. The van der Waals surface area contributed by atoms with Crippen molar-refractivity contribution in [1.82, 2.24) is 24.7 Å². The lowest BCUT2D eigenvalue weighted by Gasteiger charge is -2.27. The van der Waals surface area contributed by atoms with E-state index >= 15 is 0 Å². The number of nitrogens with zero attached hydrogens (tertiary/aromatic N) is 6. The third-order valence-electron chi connectivity index (χ3n) is 5.05. The first-order chi connectivity index (χ1) is 13.7. The Morgan fingerprint density at radius 3 is 2.68 bits per heavy atom. The van der Waals surface area contributed by atoms with Gasteiger partial charge in [0, 0.05) is 49.6 Å². The van der Waals surface area contributed by atoms with Crippen molar-refractivity contribution < 1.29 is 9.53 Å². The molecule has 2 aliphatic rings. The van der Waals surface area contributed by atoms with E-state index in [4.69, 9.17) is 9.84 Å². The minimum Gasteiger partial charge on any atom is -0.378 e. The molecule has 2 fully saturated rings. The molecule has 0 bridgehead atoms. The number of morpholine rings is 1. The fourth-order valence-electron chi connectivity index (χ4n) is 3.53. The van der Waals surface area contributed by atoms with Crippen LogP contribution in [0.25, 0.3) is 16.7 Å². The van der Waals surface area contributed by atoms with Crippen LogP contribution >= 0.6 is 0 Å². The average Bonchev–Trinajstić information content (AvgIpc) is 3.49. The molecule has 1 saturated carbocycles. The number of hydrogen-bond donors (Lipinski definition) is 1. The minimum absolute atomic E-state index is 0.156. The van der Waals surface area contributed by atoms with Gasteiger partial charge in [0.1, 0.15) is 18.0 Å². The molecule has 0 atom stereocenters. The molecule has 1 amide bonds. The zero-order valence-corrected chi connectivity index (χ0v) is 15.6. The Morgan fingerprint density at radius 2 is 1.93 bits per heavy atom. The maximum atomic E-state index is 11.4. The van der Waals surface area contributed by atoms with Gasteiger partial charge in [0.05, 0.1) is 24.4 Å². The van der Waals surface area contributed by atoms with E-state index in [1.807, 2.05) is 16.8 Å². The van der Waals surface area contributed by atoms with Gasteiger partial charge in [0.2, 0.25) is 5.91 Å². The van der Waals surface area contributed by atoms with Crippen molar-refractivity contribution in [3.63, 3.8) is 0 Å². The van der Waals surface area contributed by atoms with E-state index in [0.717, 1.165) is 48.3 Å². The highest BCUT2D eigenvalue weighted by atomic mass is 16.5. The van der Waals surface area contributed by atoms with Crippen molar-refractivity contribution in [3.05, 3.63) is 30.4 Å². The lowest BCUT2D eigenvalue weighted by Crippen LogP contribution is -2.36. The van der Waals surface area contributed by atoms with Crippen molar-refractivity contribution in [2.45, 2.75) is 25.7 Å². The SMILES string of the molecule is CC(=O)Nc1cc2c(cn1)c(C1CC1)nn2-c1cc(N2CCOCC2)ncn1. The number of fused-ring (bicyclic) bond motifs is 1. The van der Waals surface area contributed by atoms with E-state index < -0.39 is 0 Å². The second-order valence-electron chi connectivity index (χ2n) is 7.17. The van der Waals surface area contributed by atoms with Gasteiger partial charge in [-0.05, 0) is 12.8 Å². The van der Waals surface area contributed by atoms with Crippen LogP contribution in [0.2, 0.25) is 0 Å². The molecule has 3 aromatic heterocycles. The van der Waals surface area contributed by atoms with E-state index in [1.54, 1.807) is 12.5 Å². The smallest absolute Gasteiger partial charge is 0.222 e. The quantitative estimate of drug-likeness (QED) is 0.739. The fraction of sp³-hybridized carbons (Fsp3) is 0.421. The van der Waals surface area contributed by atoms with Crippen molar-refractivity contribution >= 4 is 28.4 Å². The predicted octanol–water partition coefficient (Wildman–Crippen LogP) is 1.88. The first-order valence-corrected chi connectivity index (χ1v) is 9.50. The number of ether oxygens (including phenoxy) is 1. The molecule has 0 unspecified atom stereocenters. The second kappa shape index (κ2) is 6.83. The van der Waals surface area contributed by atoms with Crippen LogP contribution in [0.4, 0.5) is 11.6 Å². The summed E-state index contributed by atoms with van der Waals surface area (Å²) >= 11 is 0. The first-order valence-electron chi connectivity index (χ1n) is 9.50. The zero-order chi connectivity index (χ0) is 19.1. The normalized spacial score (nSPS) is 17.1. The van der Waals surface area contributed by atoms with E-state index in [1.165, 1.54) is 6.92 Å². The topological polar surface area (TPSA) is 98.1 Å². The number of anilines is 2. The molecule has 5 rings (SSSR count). The molecule has 0 spiro atoms. The molecule has 9 heteroatoms. The van der Waals surface area contributed by atoms with Crippen LogP contribution in [-0.4, -0.2) is 56.9 Å². The summed E-state index contributed by atoms with van der Waals surface area (Å²) in [7, 11) is 0. The number of nitrogens with one attached hydrogen (secondary N) is 1.